The van der Waals surface area contributed by atoms with E-state index in [9.17, 15) is 0 Å². The number of imidazole rings is 1. The monoisotopic (exact) mass is 302 g/mol. The van der Waals surface area contributed by atoms with Gasteiger partial charge in [0.05, 0.1) is 18.1 Å². The Kier molecular flexibility index (Phi) is 3.27. The lowest BCUT2D eigenvalue weighted by Crippen LogP contribution is -1.97. The van der Waals surface area contributed by atoms with Gasteiger partial charge in [-0.1, -0.05) is 42.5 Å². The summed E-state index contributed by atoms with van der Waals surface area (Å²) < 4.78 is 7.62. The molecule has 0 unspecified atom stereocenters. The van der Waals surface area contributed by atoms with Crippen molar-refractivity contribution in [2.45, 2.75) is 13.5 Å². The molecule has 3 heteroatoms. The van der Waals surface area contributed by atoms with Gasteiger partial charge in [0.1, 0.15) is 11.6 Å². The molecule has 0 N–H and O–H groups in total. The van der Waals surface area contributed by atoms with Gasteiger partial charge in [0.25, 0.3) is 0 Å². The smallest absolute Gasteiger partial charge is 0.141 e. The summed E-state index contributed by atoms with van der Waals surface area (Å²) in [5.74, 6) is 1.83. The summed E-state index contributed by atoms with van der Waals surface area (Å²) in [5, 5.41) is 2.42. The van der Waals surface area contributed by atoms with Gasteiger partial charge in [-0.2, -0.15) is 0 Å². The normalized spacial score (nSPS) is 11.2. The number of hydrogen-bond donors (Lipinski definition) is 0. The largest absolute Gasteiger partial charge is 0.497 e. The molecule has 0 bridgehead atoms. The van der Waals surface area contributed by atoms with Crippen LogP contribution in [0.25, 0.3) is 33.2 Å². The fourth-order valence-electron chi connectivity index (χ4n) is 3.16. The number of hydrogen-bond acceptors (Lipinski definition) is 2. The van der Waals surface area contributed by atoms with Gasteiger partial charge in [-0.15, -0.1) is 0 Å². The number of rotatable bonds is 3. The minimum atomic E-state index is 0.849. The minimum absolute atomic E-state index is 0.849. The van der Waals surface area contributed by atoms with Gasteiger partial charge < -0.3 is 9.30 Å². The summed E-state index contributed by atoms with van der Waals surface area (Å²) in [5.41, 5.74) is 3.30. The zero-order valence-electron chi connectivity index (χ0n) is 13.3. The van der Waals surface area contributed by atoms with Gasteiger partial charge >= 0.3 is 0 Å². The van der Waals surface area contributed by atoms with Crippen molar-refractivity contribution >= 4 is 21.8 Å². The van der Waals surface area contributed by atoms with E-state index in [0.717, 1.165) is 29.2 Å². The molecule has 1 heterocycles. The minimum Gasteiger partial charge on any atom is -0.497 e. The molecule has 3 nitrogen and oxygen atoms in total. The van der Waals surface area contributed by atoms with Gasteiger partial charge in [0, 0.05) is 17.5 Å². The van der Waals surface area contributed by atoms with Crippen molar-refractivity contribution in [3.8, 4) is 17.1 Å². The van der Waals surface area contributed by atoms with Gasteiger partial charge in [-0.05, 0) is 30.5 Å². The molecule has 0 amide bonds. The number of benzene rings is 3. The van der Waals surface area contributed by atoms with E-state index in [0.29, 0.717) is 0 Å². The van der Waals surface area contributed by atoms with Crippen LogP contribution in [0.1, 0.15) is 6.92 Å². The molecular weight excluding hydrogens is 284 g/mol. The van der Waals surface area contributed by atoms with Crippen LogP contribution in [-0.2, 0) is 6.54 Å². The lowest BCUT2D eigenvalue weighted by atomic mass is 10.1. The molecule has 3 aromatic carbocycles. The number of aromatic nitrogens is 2. The molecule has 0 saturated carbocycles. The third-order valence-electron chi connectivity index (χ3n) is 4.29. The van der Waals surface area contributed by atoms with Crippen LogP contribution in [-0.4, -0.2) is 16.7 Å². The molecular formula is C20H18N2O. The number of fused-ring (bicyclic) bond motifs is 3. The first-order valence-electron chi connectivity index (χ1n) is 7.84. The summed E-state index contributed by atoms with van der Waals surface area (Å²) in [4.78, 5) is 4.96. The third kappa shape index (κ3) is 2.16. The Labute approximate surface area is 135 Å². The van der Waals surface area contributed by atoms with E-state index in [4.69, 9.17) is 9.72 Å². The molecule has 114 valence electrons. The highest BCUT2D eigenvalue weighted by atomic mass is 16.5. The van der Waals surface area contributed by atoms with Crippen LogP contribution in [0, 0.1) is 0 Å². The second-order valence-corrected chi connectivity index (χ2v) is 5.57. The first-order valence-corrected chi connectivity index (χ1v) is 7.84. The Bertz CT molecular complexity index is 1000. The van der Waals surface area contributed by atoms with Crippen LogP contribution in [0.15, 0.2) is 60.7 Å². The highest BCUT2D eigenvalue weighted by Crippen LogP contribution is 2.31. The zero-order chi connectivity index (χ0) is 15.8. The topological polar surface area (TPSA) is 27.1 Å². The second kappa shape index (κ2) is 5.43. The molecule has 0 aliphatic heterocycles. The molecule has 0 saturated heterocycles. The molecule has 23 heavy (non-hydrogen) atoms. The van der Waals surface area contributed by atoms with Crippen LogP contribution in [0.3, 0.4) is 0 Å². The second-order valence-electron chi connectivity index (χ2n) is 5.57. The predicted octanol–water partition coefficient (Wildman–Crippen LogP) is 4.89. The quantitative estimate of drug-likeness (QED) is 0.539. The average molecular weight is 302 g/mol. The van der Waals surface area contributed by atoms with Crippen LogP contribution >= 0.6 is 0 Å². The van der Waals surface area contributed by atoms with Crippen molar-refractivity contribution < 1.29 is 4.74 Å². The van der Waals surface area contributed by atoms with Gasteiger partial charge in [-0.25, -0.2) is 4.98 Å². The summed E-state index contributed by atoms with van der Waals surface area (Å²) >= 11 is 0. The van der Waals surface area contributed by atoms with Crippen molar-refractivity contribution in [3.05, 3.63) is 60.7 Å². The Morgan fingerprint density at radius 1 is 1.00 bits per heavy atom. The number of aryl methyl sites for hydroxylation is 1. The van der Waals surface area contributed by atoms with E-state index >= 15 is 0 Å². The number of ether oxygens (including phenoxy) is 1. The summed E-state index contributed by atoms with van der Waals surface area (Å²) in [6, 6.07) is 20.8. The predicted molar refractivity (Wildman–Crippen MR) is 94.9 cm³/mol. The van der Waals surface area contributed by atoms with E-state index in [1.54, 1.807) is 7.11 Å². The maximum atomic E-state index is 5.36. The molecule has 0 fully saturated rings. The summed E-state index contributed by atoms with van der Waals surface area (Å²) in [6.45, 7) is 3.03. The average Bonchev–Trinajstić information content (AvgIpc) is 3.01. The number of methoxy groups -OCH3 is 1. The zero-order valence-corrected chi connectivity index (χ0v) is 13.3. The molecule has 4 aromatic rings. The summed E-state index contributed by atoms with van der Waals surface area (Å²) in [6.07, 6.45) is 0. The van der Waals surface area contributed by atoms with E-state index in [1.165, 1.54) is 16.3 Å². The fraction of sp³-hybridized carbons (Fsp3) is 0.150. The lowest BCUT2D eigenvalue weighted by Gasteiger charge is -2.07. The van der Waals surface area contributed by atoms with E-state index in [-0.39, 0.29) is 0 Å². The molecule has 4 rings (SSSR count). The maximum Gasteiger partial charge on any atom is 0.141 e. The van der Waals surface area contributed by atoms with Crippen LogP contribution in [0.2, 0.25) is 0 Å². The van der Waals surface area contributed by atoms with E-state index < -0.39 is 0 Å². The Hall–Kier alpha value is -2.81. The Morgan fingerprint density at radius 2 is 1.87 bits per heavy atom. The van der Waals surface area contributed by atoms with Gasteiger partial charge in [0.2, 0.25) is 0 Å². The molecule has 1 aromatic heterocycles. The molecule has 0 spiro atoms. The van der Waals surface area contributed by atoms with E-state index in [2.05, 4.69) is 54.0 Å². The third-order valence-corrected chi connectivity index (χ3v) is 4.29. The van der Waals surface area contributed by atoms with Crippen molar-refractivity contribution in [2.24, 2.45) is 0 Å². The Balaban J connectivity index is 2.04. The summed E-state index contributed by atoms with van der Waals surface area (Å²) in [7, 11) is 1.69. The lowest BCUT2D eigenvalue weighted by molar-refractivity contribution is 0.415. The van der Waals surface area contributed by atoms with Crippen LogP contribution < -0.4 is 4.74 Å². The van der Waals surface area contributed by atoms with Crippen molar-refractivity contribution in [1.29, 1.82) is 0 Å². The van der Waals surface area contributed by atoms with E-state index in [1.807, 2.05) is 18.2 Å². The first-order chi connectivity index (χ1) is 11.3. The highest BCUT2D eigenvalue weighted by Gasteiger charge is 2.14. The number of nitrogens with zero attached hydrogens (tertiary/aromatic N) is 2. The van der Waals surface area contributed by atoms with Crippen molar-refractivity contribution in [3.63, 3.8) is 0 Å². The maximum absolute atomic E-state index is 5.36. The van der Waals surface area contributed by atoms with Gasteiger partial charge in [-0.3, -0.25) is 0 Å². The first kappa shape index (κ1) is 13.8. The van der Waals surface area contributed by atoms with Gasteiger partial charge in [0.15, 0.2) is 0 Å². The molecule has 0 aliphatic rings. The SMILES string of the molecule is CCn1c(-c2cccc(OC)c2)nc2c3ccccc3ccc21. The van der Waals surface area contributed by atoms with Crippen LogP contribution in [0.5, 0.6) is 5.75 Å². The molecule has 0 atom stereocenters. The molecule has 0 radical (unpaired) electrons. The van der Waals surface area contributed by atoms with Crippen LogP contribution in [0.4, 0.5) is 0 Å². The standard InChI is InChI=1S/C20H18N2O/c1-3-22-18-12-11-14-7-4-5-10-17(14)19(18)21-20(22)15-8-6-9-16(13-15)23-2/h4-13H,3H2,1-2H3. The van der Waals surface area contributed by atoms with Crippen molar-refractivity contribution in [2.75, 3.05) is 7.11 Å². The molecule has 0 aliphatic carbocycles. The fourth-order valence-corrected chi connectivity index (χ4v) is 3.16. The highest BCUT2D eigenvalue weighted by molar-refractivity contribution is 6.05. The van der Waals surface area contributed by atoms with Crippen molar-refractivity contribution in [1.82, 2.24) is 9.55 Å². The Morgan fingerprint density at radius 3 is 2.70 bits per heavy atom.